The summed E-state index contributed by atoms with van der Waals surface area (Å²) in [7, 11) is 1.23. The van der Waals surface area contributed by atoms with Crippen LogP contribution in [0.15, 0.2) is 60.1 Å². The van der Waals surface area contributed by atoms with Crippen molar-refractivity contribution < 1.29 is 63.7 Å². The number of carboxylic acid groups (broad SMARTS) is 1. The summed E-state index contributed by atoms with van der Waals surface area (Å²) < 4.78 is 28.3. The molecule has 0 amide bonds. The van der Waals surface area contributed by atoms with E-state index in [2.05, 4.69) is 6.58 Å². The number of hydrogen-bond donors (Lipinski definition) is 6. The first kappa shape index (κ1) is 32.6. The van der Waals surface area contributed by atoms with Crippen molar-refractivity contribution in [2.45, 2.75) is 56.9 Å². The van der Waals surface area contributed by atoms with Crippen molar-refractivity contribution in [1.29, 1.82) is 0 Å². The molecule has 0 aromatic rings. The number of ether oxygens (including phenoxy) is 5. The van der Waals surface area contributed by atoms with Crippen LogP contribution >= 0.6 is 0 Å². The maximum absolute atomic E-state index is 12.7. The lowest BCUT2D eigenvalue weighted by atomic mass is 9.83. The molecular weight excluding hydrogens is 542 g/mol. The maximum atomic E-state index is 12.7. The first-order chi connectivity index (χ1) is 19.5. The molecule has 9 atom stereocenters. The number of nitrogens with one attached hydrogen (secondary N) is 1. The highest BCUT2D eigenvalue weighted by Gasteiger charge is 2.48. The van der Waals surface area contributed by atoms with Crippen LogP contribution in [0.5, 0.6) is 0 Å². The third kappa shape index (κ3) is 7.90. The van der Waals surface area contributed by atoms with Gasteiger partial charge in [-0.15, -0.1) is 6.58 Å². The predicted molar refractivity (Wildman–Crippen MR) is 142 cm³/mol. The molecule has 0 aliphatic carbocycles. The number of rotatable bonds is 12. The fraction of sp³-hybridized carbons (Fsp3) is 0.571. The maximum Gasteiger partial charge on any atom is 0.341 e. The van der Waals surface area contributed by atoms with E-state index >= 15 is 0 Å². The molecule has 3 aliphatic rings. The van der Waals surface area contributed by atoms with E-state index < -0.39 is 67.4 Å². The van der Waals surface area contributed by atoms with Crippen molar-refractivity contribution in [3.63, 3.8) is 0 Å². The van der Waals surface area contributed by atoms with Crippen LogP contribution in [0.2, 0.25) is 0 Å². The summed E-state index contributed by atoms with van der Waals surface area (Å²) in [4.78, 5) is 25.0. The second-order valence-corrected chi connectivity index (χ2v) is 10.2. The smallest absolute Gasteiger partial charge is 0.341 e. The van der Waals surface area contributed by atoms with Crippen LogP contribution in [-0.4, -0.2) is 114 Å². The van der Waals surface area contributed by atoms with Crippen molar-refractivity contribution in [2.24, 2.45) is 11.8 Å². The Bertz CT molecular complexity index is 1070. The summed E-state index contributed by atoms with van der Waals surface area (Å²) in [6, 6.07) is 0. The monoisotopic (exact) mass is 582 g/mol. The van der Waals surface area contributed by atoms with Gasteiger partial charge in [0.15, 0.2) is 6.29 Å². The number of aliphatic hydroxyl groups excluding tert-OH is 4. The largest absolute Gasteiger partial charge is 0.477 e. The number of aliphatic carboxylic acids is 1. The third-order valence-electron chi connectivity index (χ3n) is 6.96. The van der Waals surface area contributed by atoms with E-state index in [4.69, 9.17) is 23.7 Å². The van der Waals surface area contributed by atoms with E-state index in [1.807, 2.05) is 0 Å². The minimum Gasteiger partial charge on any atom is -0.477 e. The Morgan fingerprint density at radius 2 is 1.95 bits per heavy atom. The van der Waals surface area contributed by atoms with Gasteiger partial charge in [0.2, 0.25) is 6.29 Å². The molecular formula is C28H40NO12+. The molecule has 0 aromatic heterocycles. The predicted octanol–water partition coefficient (Wildman–Crippen LogP) is -1.59. The number of carbonyl (C=O) groups excluding carboxylic acids is 1. The number of carboxylic acids is 1. The van der Waals surface area contributed by atoms with Crippen LogP contribution < -0.4 is 4.90 Å². The number of methoxy groups -OCH3 is 1. The highest BCUT2D eigenvalue weighted by molar-refractivity contribution is 5.90. The zero-order valence-corrected chi connectivity index (χ0v) is 23.3. The van der Waals surface area contributed by atoms with Gasteiger partial charge in [-0.05, 0) is 19.9 Å². The third-order valence-corrected chi connectivity index (χ3v) is 6.96. The van der Waals surface area contributed by atoms with Gasteiger partial charge in [-0.2, -0.15) is 0 Å². The summed E-state index contributed by atoms with van der Waals surface area (Å²) in [6.45, 7) is 7.35. The van der Waals surface area contributed by atoms with Gasteiger partial charge >= 0.3 is 11.9 Å². The minimum atomic E-state index is -1.44. The molecule has 0 radical (unpaired) electrons. The normalized spacial score (nSPS) is 34.0. The molecule has 1 saturated heterocycles. The molecule has 1 fully saturated rings. The summed E-state index contributed by atoms with van der Waals surface area (Å²) >= 11 is 0. The molecule has 3 rings (SSSR count). The average molecular weight is 583 g/mol. The van der Waals surface area contributed by atoms with Crippen molar-refractivity contribution in [3.05, 3.63) is 60.1 Å². The Balaban J connectivity index is 1.92. The van der Waals surface area contributed by atoms with E-state index in [0.717, 1.165) is 4.90 Å². The second-order valence-electron chi connectivity index (χ2n) is 10.2. The van der Waals surface area contributed by atoms with Gasteiger partial charge in [-0.1, -0.05) is 18.2 Å². The average Bonchev–Trinajstić information content (AvgIpc) is 2.95. The molecule has 0 saturated carbocycles. The number of carbonyl (C=O) groups is 2. The van der Waals surface area contributed by atoms with E-state index in [0.29, 0.717) is 18.7 Å². The summed E-state index contributed by atoms with van der Waals surface area (Å²) in [6.07, 6.45) is 1.28. The van der Waals surface area contributed by atoms with Crippen LogP contribution in [0.25, 0.3) is 0 Å². The molecule has 0 bridgehead atoms. The quantitative estimate of drug-likeness (QED) is 0.115. The lowest BCUT2D eigenvalue weighted by Gasteiger charge is -2.44. The molecule has 3 heterocycles. The molecule has 13 nitrogen and oxygen atoms in total. The highest BCUT2D eigenvalue weighted by atomic mass is 16.8. The van der Waals surface area contributed by atoms with Crippen molar-refractivity contribution in [3.8, 4) is 0 Å². The SMILES string of the molecule is C=C[C@H]1[C@H](O[C@@H]2O[C@H](CO)[C@@H](O)[C@H](O)[C@H]2OC(C)C)OC=C(C(=O)OC)[C@H]1/C=C/C1=CC(C(=O)O)=C[NH+](CCO)C1. The fourth-order valence-electron chi connectivity index (χ4n) is 4.95. The van der Waals surface area contributed by atoms with Gasteiger partial charge in [0.1, 0.15) is 49.3 Å². The Labute approximate surface area is 238 Å². The van der Waals surface area contributed by atoms with Crippen LogP contribution in [0, 0.1) is 11.8 Å². The summed E-state index contributed by atoms with van der Waals surface area (Å²) in [5.74, 6) is -3.17. The Kier molecular flexibility index (Phi) is 11.8. The fourth-order valence-corrected chi connectivity index (χ4v) is 4.95. The van der Waals surface area contributed by atoms with E-state index in [1.165, 1.54) is 31.7 Å². The second kappa shape index (κ2) is 14.8. The number of hydrogen-bond acceptors (Lipinski definition) is 11. The molecule has 1 unspecified atom stereocenters. The number of quaternary nitrogens is 1. The van der Waals surface area contributed by atoms with Gasteiger partial charge in [-0.3, -0.25) is 0 Å². The van der Waals surface area contributed by atoms with Crippen LogP contribution in [0.1, 0.15) is 13.8 Å². The molecule has 13 heteroatoms. The first-order valence-corrected chi connectivity index (χ1v) is 13.3. The van der Waals surface area contributed by atoms with E-state index in [1.54, 1.807) is 26.0 Å². The van der Waals surface area contributed by atoms with Gasteiger partial charge in [0.25, 0.3) is 0 Å². The first-order valence-electron chi connectivity index (χ1n) is 13.3. The Morgan fingerprint density at radius 1 is 1.22 bits per heavy atom. The summed E-state index contributed by atoms with van der Waals surface area (Å²) in [5.41, 5.74) is 0.872. The van der Waals surface area contributed by atoms with Gasteiger partial charge in [-0.25, -0.2) is 9.59 Å². The Morgan fingerprint density at radius 3 is 2.54 bits per heavy atom. The van der Waals surface area contributed by atoms with Gasteiger partial charge < -0.3 is 54.1 Å². The van der Waals surface area contributed by atoms with Crippen molar-refractivity contribution >= 4 is 11.9 Å². The van der Waals surface area contributed by atoms with Crippen LogP contribution in [0.3, 0.4) is 0 Å². The number of allylic oxidation sites excluding steroid dienone is 1. The van der Waals surface area contributed by atoms with Crippen molar-refractivity contribution in [2.75, 3.05) is 33.4 Å². The molecule has 41 heavy (non-hydrogen) atoms. The molecule has 228 valence electrons. The van der Waals surface area contributed by atoms with E-state index in [-0.39, 0.29) is 23.9 Å². The number of esters is 1. The lowest BCUT2D eigenvalue weighted by Crippen LogP contribution is -3.08. The zero-order chi connectivity index (χ0) is 30.3. The van der Waals surface area contributed by atoms with Crippen molar-refractivity contribution in [1.82, 2.24) is 0 Å². The molecule has 3 aliphatic heterocycles. The molecule has 0 aromatic carbocycles. The highest BCUT2D eigenvalue weighted by Crippen LogP contribution is 2.36. The lowest BCUT2D eigenvalue weighted by molar-refractivity contribution is -0.842. The van der Waals surface area contributed by atoms with Gasteiger partial charge in [0, 0.05) is 11.5 Å². The molecule has 0 spiro atoms. The molecule has 6 N–H and O–H groups in total. The zero-order valence-electron chi connectivity index (χ0n) is 23.3. The Hall–Kier alpha value is -2.88. The minimum absolute atomic E-state index is 0.0707. The van der Waals surface area contributed by atoms with Gasteiger partial charge in [0.05, 0.1) is 44.2 Å². The van der Waals surface area contributed by atoms with E-state index in [9.17, 15) is 35.1 Å². The van der Waals surface area contributed by atoms with Crippen LogP contribution in [-0.2, 0) is 33.3 Å². The summed E-state index contributed by atoms with van der Waals surface area (Å²) in [5, 5.41) is 49.6. The standard InChI is InChI=1S/C28H39NO12/c1-5-18-19(7-6-16-10-17(25(34)35)12-29(11-16)8-9-30)20(26(36)37-4)14-38-27(18)41-28-24(39-15(2)3)23(33)22(32)21(13-31)40-28/h5-7,10,12,14-15,18-19,21-24,27-28,30-33H,1,8-9,11,13H2,2-4H3,(H,34,35)/p+1/b7-6+/t18-,19+,21-,22-,23+,24-,27+,28+/m1/s1. The number of aliphatic hydroxyl groups is 4. The van der Waals surface area contributed by atoms with Crippen LogP contribution in [0.4, 0.5) is 0 Å². The topological polar surface area (TPSA) is 186 Å².